The lowest BCUT2D eigenvalue weighted by atomic mass is 9.94. The molecule has 0 bridgehead atoms. The van der Waals surface area contributed by atoms with Gasteiger partial charge in [-0.3, -0.25) is 0 Å². The average Bonchev–Trinajstić information content (AvgIpc) is 3.03. The van der Waals surface area contributed by atoms with Crippen molar-refractivity contribution in [3.8, 4) is 0 Å². The molecule has 0 radical (unpaired) electrons. The van der Waals surface area contributed by atoms with Crippen LogP contribution >= 0.6 is 11.3 Å². The number of rotatable bonds is 2. The highest BCUT2D eigenvalue weighted by molar-refractivity contribution is 7.17. The van der Waals surface area contributed by atoms with Gasteiger partial charge in [0, 0.05) is 30.9 Å². The molecule has 6 heteroatoms. The van der Waals surface area contributed by atoms with Crippen molar-refractivity contribution in [1.82, 2.24) is 19.9 Å². The van der Waals surface area contributed by atoms with Gasteiger partial charge in [-0.05, 0) is 37.3 Å². The van der Waals surface area contributed by atoms with Crippen LogP contribution in [0.3, 0.4) is 0 Å². The summed E-state index contributed by atoms with van der Waals surface area (Å²) in [7, 11) is 0. The first-order chi connectivity index (χ1) is 10.8. The Morgan fingerprint density at radius 1 is 1.23 bits per heavy atom. The average molecular weight is 311 g/mol. The summed E-state index contributed by atoms with van der Waals surface area (Å²) in [6.07, 6.45) is 5.86. The molecule has 1 aliphatic heterocycles. The summed E-state index contributed by atoms with van der Waals surface area (Å²) >= 11 is 1.71. The van der Waals surface area contributed by atoms with Crippen molar-refractivity contribution in [1.29, 1.82) is 0 Å². The SMILES string of the molecule is Cc1nccc(C2CCCN(c3ncnc4ccsc34)C2)n1. The number of anilines is 1. The number of piperidine rings is 1. The minimum Gasteiger partial charge on any atom is -0.355 e. The third-order valence-electron chi connectivity index (χ3n) is 4.16. The summed E-state index contributed by atoms with van der Waals surface area (Å²) in [5.41, 5.74) is 2.18. The summed E-state index contributed by atoms with van der Waals surface area (Å²) in [4.78, 5) is 20.1. The number of aromatic nitrogens is 4. The predicted molar refractivity (Wildman–Crippen MR) is 88.4 cm³/mol. The molecule has 0 saturated carbocycles. The van der Waals surface area contributed by atoms with E-state index in [4.69, 9.17) is 0 Å². The predicted octanol–water partition coefficient (Wildman–Crippen LogP) is 3.17. The first-order valence-electron chi connectivity index (χ1n) is 7.54. The molecule has 0 spiro atoms. The van der Waals surface area contributed by atoms with Crippen LogP contribution < -0.4 is 4.90 Å². The van der Waals surface area contributed by atoms with Crippen LogP contribution in [0.4, 0.5) is 5.82 Å². The van der Waals surface area contributed by atoms with E-state index in [1.54, 1.807) is 17.7 Å². The second-order valence-corrected chi connectivity index (χ2v) is 6.56. The van der Waals surface area contributed by atoms with Crippen molar-refractivity contribution in [3.63, 3.8) is 0 Å². The van der Waals surface area contributed by atoms with E-state index in [0.717, 1.165) is 42.4 Å². The van der Waals surface area contributed by atoms with Crippen molar-refractivity contribution in [2.24, 2.45) is 0 Å². The van der Waals surface area contributed by atoms with Gasteiger partial charge in [-0.2, -0.15) is 0 Å². The normalized spacial score (nSPS) is 18.8. The van der Waals surface area contributed by atoms with E-state index in [9.17, 15) is 0 Å². The topological polar surface area (TPSA) is 54.8 Å². The first kappa shape index (κ1) is 13.6. The number of nitrogens with zero attached hydrogens (tertiary/aromatic N) is 5. The third-order valence-corrected chi connectivity index (χ3v) is 5.06. The summed E-state index contributed by atoms with van der Waals surface area (Å²) in [5, 5.41) is 2.08. The summed E-state index contributed by atoms with van der Waals surface area (Å²) < 4.78 is 1.18. The van der Waals surface area contributed by atoms with Crippen molar-refractivity contribution in [2.75, 3.05) is 18.0 Å². The van der Waals surface area contributed by atoms with Crippen LogP contribution in [-0.4, -0.2) is 33.0 Å². The number of hydrogen-bond donors (Lipinski definition) is 0. The largest absolute Gasteiger partial charge is 0.355 e. The summed E-state index contributed by atoms with van der Waals surface area (Å²) in [5.74, 6) is 2.35. The maximum Gasteiger partial charge on any atom is 0.150 e. The van der Waals surface area contributed by atoms with Gasteiger partial charge in [0.1, 0.15) is 18.0 Å². The van der Waals surface area contributed by atoms with Crippen LogP contribution in [0.2, 0.25) is 0 Å². The maximum atomic E-state index is 4.61. The second kappa shape index (κ2) is 5.61. The maximum absolute atomic E-state index is 4.61. The first-order valence-corrected chi connectivity index (χ1v) is 8.42. The van der Waals surface area contributed by atoms with Crippen molar-refractivity contribution < 1.29 is 0 Å². The lowest BCUT2D eigenvalue weighted by molar-refractivity contribution is 0.498. The van der Waals surface area contributed by atoms with Gasteiger partial charge in [0.15, 0.2) is 0 Å². The van der Waals surface area contributed by atoms with E-state index in [1.807, 2.05) is 19.2 Å². The minimum atomic E-state index is 0.445. The number of hydrogen-bond acceptors (Lipinski definition) is 6. The van der Waals surface area contributed by atoms with Gasteiger partial charge < -0.3 is 4.90 Å². The van der Waals surface area contributed by atoms with Crippen molar-refractivity contribution in [2.45, 2.75) is 25.7 Å². The lowest BCUT2D eigenvalue weighted by Crippen LogP contribution is -2.35. The number of aryl methyl sites for hydroxylation is 1. The zero-order valence-corrected chi connectivity index (χ0v) is 13.3. The molecule has 3 aromatic heterocycles. The fourth-order valence-corrected chi connectivity index (χ4v) is 3.98. The van der Waals surface area contributed by atoms with E-state index in [0.29, 0.717) is 5.92 Å². The smallest absolute Gasteiger partial charge is 0.150 e. The Morgan fingerprint density at radius 3 is 3.09 bits per heavy atom. The number of thiophene rings is 1. The fraction of sp³-hybridized carbons (Fsp3) is 0.375. The Labute approximate surface area is 133 Å². The molecule has 1 aliphatic rings. The molecule has 0 aromatic carbocycles. The van der Waals surface area contributed by atoms with Gasteiger partial charge >= 0.3 is 0 Å². The molecule has 22 heavy (non-hydrogen) atoms. The van der Waals surface area contributed by atoms with Gasteiger partial charge in [-0.1, -0.05) is 0 Å². The van der Waals surface area contributed by atoms with Crippen LogP contribution in [0.5, 0.6) is 0 Å². The second-order valence-electron chi connectivity index (χ2n) is 5.65. The molecule has 4 rings (SSSR count). The molecular weight excluding hydrogens is 294 g/mol. The van der Waals surface area contributed by atoms with Crippen LogP contribution in [0, 0.1) is 6.92 Å². The minimum absolute atomic E-state index is 0.445. The summed E-state index contributed by atoms with van der Waals surface area (Å²) in [6.45, 7) is 3.95. The van der Waals surface area contributed by atoms with E-state index in [-0.39, 0.29) is 0 Å². The molecule has 1 atom stereocenters. The Bertz CT molecular complexity index is 800. The zero-order chi connectivity index (χ0) is 14.9. The van der Waals surface area contributed by atoms with E-state index in [1.165, 1.54) is 11.1 Å². The molecule has 0 N–H and O–H groups in total. The Morgan fingerprint density at radius 2 is 2.18 bits per heavy atom. The van der Waals surface area contributed by atoms with Crippen molar-refractivity contribution >= 4 is 27.4 Å². The highest BCUT2D eigenvalue weighted by atomic mass is 32.1. The molecular formula is C16H17N5S. The van der Waals surface area contributed by atoms with Gasteiger partial charge in [0.25, 0.3) is 0 Å². The molecule has 112 valence electrons. The molecule has 4 heterocycles. The Kier molecular flexibility index (Phi) is 3.46. The van der Waals surface area contributed by atoms with Gasteiger partial charge in [-0.25, -0.2) is 19.9 Å². The van der Waals surface area contributed by atoms with Gasteiger partial charge in [-0.15, -0.1) is 11.3 Å². The highest BCUT2D eigenvalue weighted by Crippen LogP contribution is 2.33. The lowest BCUT2D eigenvalue weighted by Gasteiger charge is -2.33. The summed E-state index contributed by atoms with van der Waals surface area (Å²) in [6, 6.07) is 4.10. The van der Waals surface area contributed by atoms with Crippen LogP contribution in [0.1, 0.15) is 30.3 Å². The van der Waals surface area contributed by atoms with E-state index in [2.05, 4.69) is 36.3 Å². The zero-order valence-electron chi connectivity index (χ0n) is 12.4. The van der Waals surface area contributed by atoms with Crippen molar-refractivity contribution in [3.05, 3.63) is 41.6 Å². The van der Waals surface area contributed by atoms with Gasteiger partial charge in [0.05, 0.1) is 10.2 Å². The van der Waals surface area contributed by atoms with Crippen LogP contribution in [0.25, 0.3) is 10.2 Å². The third kappa shape index (κ3) is 2.43. The molecule has 1 fully saturated rings. The molecule has 1 unspecified atom stereocenters. The molecule has 0 amide bonds. The van der Waals surface area contributed by atoms with Crippen LogP contribution in [0.15, 0.2) is 30.0 Å². The molecule has 1 saturated heterocycles. The molecule has 3 aromatic rings. The van der Waals surface area contributed by atoms with Crippen LogP contribution in [-0.2, 0) is 0 Å². The standard InChI is InChI=1S/C16H17N5S/c1-11-17-6-4-13(20-11)12-3-2-7-21(9-12)16-15-14(5-8-22-15)18-10-19-16/h4-6,8,10,12H,2-3,7,9H2,1H3. The fourth-order valence-electron chi connectivity index (χ4n) is 3.11. The van der Waals surface area contributed by atoms with E-state index >= 15 is 0 Å². The Balaban J connectivity index is 1.65. The highest BCUT2D eigenvalue weighted by Gasteiger charge is 2.24. The monoisotopic (exact) mass is 311 g/mol. The van der Waals surface area contributed by atoms with Gasteiger partial charge in [0.2, 0.25) is 0 Å². The molecule has 0 aliphatic carbocycles. The number of fused-ring (bicyclic) bond motifs is 1. The van der Waals surface area contributed by atoms with E-state index < -0.39 is 0 Å². The molecule has 5 nitrogen and oxygen atoms in total. The quantitative estimate of drug-likeness (QED) is 0.727. The Hall–Kier alpha value is -2.08.